The van der Waals surface area contributed by atoms with Crippen LogP contribution < -0.4 is 5.32 Å². The first-order valence-electron chi connectivity index (χ1n) is 20.4. The van der Waals surface area contributed by atoms with Gasteiger partial charge in [0.15, 0.2) is 0 Å². The molecule has 3 aliphatic rings. The summed E-state index contributed by atoms with van der Waals surface area (Å²) >= 11 is 1.53. The number of rotatable bonds is 9. The van der Waals surface area contributed by atoms with E-state index in [2.05, 4.69) is 39.6 Å². The molecule has 1 unspecified atom stereocenters. The molecule has 0 bridgehead atoms. The van der Waals surface area contributed by atoms with E-state index in [1.165, 1.54) is 23.8 Å². The Morgan fingerprint density at radius 3 is 1.82 bits per heavy atom. The van der Waals surface area contributed by atoms with E-state index in [0.717, 1.165) is 59.3 Å². The van der Waals surface area contributed by atoms with Gasteiger partial charge in [-0.25, -0.2) is 19.6 Å². The SMILES string of the molecule is COC(=O)N[C@@H](C(=O)N1CCC[C@H]1c1ncc(-c2ccc(-c3ccc(-c4cnc([C@@H]5CCCN5C(=O)[C@@H]5CSC(C(C)(C)C)N5C(=O)O)[nH]4)cc3)cc2)[nH]1)c1ccccc1. The van der Waals surface area contributed by atoms with E-state index in [-0.39, 0.29) is 34.7 Å². The van der Waals surface area contributed by atoms with Gasteiger partial charge in [-0.05, 0) is 58.9 Å². The number of benzene rings is 3. The summed E-state index contributed by atoms with van der Waals surface area (Å²) in [5, 5.41) is 12.5. The van der Waals surface area contributed by atoms with Crippen LogP contribution in [0, 0.1) is 5.41 Å². The van der Waals surface area contributed by atoms with Gasteiger partial charge < -0.3 is 34.9 Å². The van der Waals surface area contributed by atoms with Crippen LogP contribution >= 0.6 is 11.8 Å². The van der Waals surface area contributed by atoms with Gasteiger partial charge >= 0.3 is 12.2 Å². The van der Waals surface area contributed by atoms with Gasteiger partial charge in [-0.15, -0.1) is 11.8 Å². The molecule has 14 nitrogen and oxygen atoms in total. The van der Waals surface area contributed by atoms with Crippen LogP contribution in [0.25, 0.3) is 33.6 Å². The van der Waals surface area contributed by atoms with E-state index >= 15 is 0 Å². The van der Waals surface area contributed by atoms with Crippen molar-refractivity contribution in [1.29, 1.82) is 0 Å². The highest BCUT2D eigenvalue weighted by molar-refractivity contribution is 8.00. The maximum absolute atomic E-state index is 13.9. The molecular weight excluding hydrogens is 781 g/mol. The summed E-state index contributed by atoms with van der Waals surface area (Å²) in [7, 11) is 1.28. The summed E-state index contributed by atoms with van der Waals surface area (Å²) in [5.41, 5.74) is 6.07. The molecule has 5 heterocycles. The molecule has 4 amide bonds. The summed E-state index contributed by atoms with van der Waals surface area (Å²) in [5.74, 6) is 1.47. The van der Waals surface area contributed by atoms with Gasteiger partial charge in [0.25, 0.3) is 5.91 Å². The van der Waals surface area contributed by atoms with E-state index in [0.29, 0.717) is 36.1 Å². The van der Waals surface area contributed by atoms with Crippen LogP contribution in [-0.2, 0) is 14.3 Å². The molecule has 8 rings (SSSR count). The van der Waals surface area contributed by atoms with Crippen molar-refractivity contribution in [1.82, 2.24) is 40.0 Å². The molecule has 0 radical (unpaired) electrons. The van der Waals surface area contributed by atoms with Crippen LogP contribution in [0.15, 0.2) is 91.3 Å². The quantitative estimate of drug-likeness (QED) is 0.115. The Balaban J connectivity index is 0.920. The van der Waals surface area contributed by atoms with Crippen molar-refractivity contribution < 1.29 is 29.0 Å². The fraction of sp³-hybridized carbons (Fsp3) is 0.378. The number of hydrogen-bond donors (Lipinski definition) is 4. The first-order valence-corrected chi connectivity index (χ1v) is 21.4. The van der Waals surface area contributed by atoms with Crippen molar-refractivity contribution >= 4 is 35.8 Å². The third kappa shape index (κ3) is 8.10. The largest absolute Gasteiger partial charge is 0.465 e. The molecule has 3 aliphatic heterocycles. The van der Waals surface area contributed by atoms with Crippen LogP contribution in [0.1, 0.15) is 81.8 Å². The third-order valence-corrected chi connectivity index (χ3v) is 13.5. The van der Waals surface area contributed by atoms with Gasteiger partial charge in [0.1, 0.15) is 23.7 Å². The number of methoxy groups -OCH3 is 1. The second-order valence-electron chi connectivity index (χ2n) is 16.6. The second-order valence-corrected chi connectivity index (χ2v) is 17.7. The van der Waals surface area contributed by atoms with E-state index in [9.17, 15) is 24.3 Å². The number of thioether (sulfide) groups is 1. The number of carbonyl (C=O) groups is 4. The minimum atomic E-state index is -1.06. The summed E-state index contributed by atoms with van der Waals surface area (Å²) in [4.78, 5) is 73.6. The molecule has 5 aromatic rings. The van der Waals surface area contributed by atoms with Crippen LogP contribution in [0.4, 0.5) is 9.59 Å². The second kappa shape index (κ2) is 16.9. The summed E-state index contributed by atoms with van der Waals surface area (Å²) < 4.78 is 4.83. The summed E-state index contributed by atoms with van der Waals surface area (Å²) in [6.45, 7) is 7.13. The Hall–Kier alpha value is -6.09. The van der Waals surface area contributed by atoms with Gasteiger partial charge in [0, 0.05) is 18.8 Å². The molecule has 15 heteroatoms. The highest BCUT2D eigenvalue weighted by Crippen LogP contribution is 2.43. The number of ether oxygens (including phenoxy) is 1. The lowest BCUT2D eigenvalue weighted by atomic mass is 9.95. The fourth-order valence-electron chi connectivity index (χ4n) is 8.68. The van der Waals surface area contributed by atoms with Crippen molar-refractivity contribution in [3.63, 3.8) is 0 Å². The average molecular weight is 831 g/mol. The number of nitrogens with zero attached hydrogens (tertiary/aromatic N) is 5. The van der Waals surface area contributed by atoms with Crippen molar-refractivity contribution in [3.05, 3.63) is 108 Å². The Kier molecular flexibility index (Phi) is 11.4. The van der Waals surface area contributed by atoms with Crippen LogP contribution in [-0.4, -0.2) is 101 Å². The molecule has 0 aliphatic carbocycles. The first-order chi connectivity index (χ1) is 28.9. The number of aromatic nitrogens is 4. The number of carboxylic acid groups (broad SMARTS) is 1. The standard InChI is InChI=1S/C45H50N8O6S/c1-45(2,3)42-53(44(57)58)36(26-60-42)40(54)51-22-8-12-34(51)38-46-24-32(48-38)29-18-14-27(15-19-29)28-16-20-30(21-17-28)33-25-47-39(49-33)35-13-9-23-52(35)41(55)37(50-43(56)59-4)31-10-6-5-7-11-31/h5-7,10-11,14-21,24-25,34-37,42H,8-9,12-13,22-23,26H2,1-4H3,(H,46,48)(H,47,49)(H,50,56)(H,57,58)/t34-,35-,36-,37+,42?/m0/s1. The molecule has 60 heavy (non-hydrogen) atoms. The van der Waals surface area contributed by atoms with Crippen molar-refractivity contribution in [3.8, 4) is 33.6 Å². The monoisotopic (exact) mass is 830 g/mol. The Bertz CT molecular complexity index is 2340. The lowest BCUT2D eigenvalue weighted by molar-refractivity contribution is -0.137. The van der Waals surface area contributed by atoms with E-state index in [1.807, 2.05) is 80.3 Å². The van der Waals surface area contributed by atoms with Crippen LogP contribution in [0.5, 0.6) is 0 Å². The van der Waals surface area contributed by atoms with Crippen molar-refractivity contribution in [2.75, 3.05) is 26.0 Å². The minimum absolute atomic E-state index is 0.156. The molecule has 3 saturated heterocycles. The van der Waals surface area contributed by atoms with E-state index in [4.69, 9.17) is 14.7 Å². The molecular formula is C45H50N8O6S. The van der Waals surface area contributed by atoms with Crippen LogP contribution in [0.2, 0.25) is 0 Å². The first kappa shape index (κ1) is 40.7. The highest BCUT2D eigenvalue weighted by Gasteiger charge is 2.49. The lowest BCUT2D eigenvalue weighted by Crippen LogP contribution is -2.52. The van der Waals surface area contributed by atoms with Gasteiger partial charge in [-0.3, -0.25) is 14.5 Å². The number of alkyl carbamates (subject to hydrolysis) is 1. The number of likely N-dealkylation sites (tertiary alicyclic amines) is 2. The predicted molar refractivity (Wildman–Crippen MR) is 228 cm³/mol. The Morgan fingerprint density at radius 2 is 1.30 bits per heavy atom. The Morgan fingerprint density at radius 1 is 0.783 bits per heavy atom. The molecule has 0 spiro atoms. The number of aromatic amines is 2. The Labute approximate surface area is 353 Å². The summed E-state index contributed by atoms with van der Waals surface area (Å²) in [6.07, 6.45) is 5.00. The third-order valence-electron chi connectivity index (χ3n) is 11.7. The molecule has 3 aromatic carbocycles. The maximum atomic E-state index is 13.9. The number of nitrogens with one attached hydrogen (secondary N) is 3. The molecule has 0 saturated carbocycles. The van der Waals surface area contributed by atoms with Gasteiger partial charge in [0.2, 0.25) is 5.91 Å². The molecule has 312 valence electrons. The van der Waals surface area contributed by atoms with Gasteiger partial charge in [0.05, 0.1) is 48.3 Å². The van der Waals surface area contributed by atoms with Gasteiger partial charge in [-0.1, -0.05) is 99.6 Å². The minimum Gasteiger partial charge on any atom is -0.465 e. The van der Waals surface area contributed by atoms with Crippen LogP contribution in [0.3, 0.4) is 0 Å². The normalized spacial score (nSPS) is 21.0. The predicted octanol–water partition coefficient (Wildman–Crippen LogP) is 8.03. The van der Waals surface area contributed by atoms with Crippen molar-refractivity contribution in [2.45, 2.75) is 76.0 Å². The maximum Gasteiger partial charge on any atom is 0.408 e. The number of hydrogen-bond acceptors (Lipinski definition) is 8. The van der Waals surface area contributed by atoms with Crippen molar-refractivity contribution in [2.24, 2.45) is 5.41 Å². The smallest absolute Gasteiger partial charge is 0.408 e. The number of imidazole rings is 2. The average Bonchev–Trinajstić information content (AvgIpc) is 4.11. The molecule has 5 atom stereocenters. The van der Waals surface area contributed by atoms with Gasteiger partial charge in [-0.2, -0.15) is 0 Å². The lowest BCUT2D eigenvalue weighted by Gasteiger charge is -2.36. The number of H-pyrrole nitrogens is 2. The highest BCUT2D eigenvalue weighted by atomic mass is 32.2. The zero-order valence-corrected chi connectivity index (χ0v) is 34.9. The molecule has 3 fully saturated rings. The zero-order valence-electron chi connectivity index (χ0n) is 34.1. The molecule has 4 N–H and O–H groups in total. The fourth-order valence-corrected chi connectivity index (χ4v) is 10.2. The zero-order chi connectivity index (χ0) is 42.1. The number of amides is 4. The van der Waals surface area contributed by atoms with E-state index in [1.54, 1.807) is 17.3 Å². The molecule has 2 aromatic heterocycles. The van der Waals surface area contributed by atoms with E-state index < -0.39 is 24.3 Å². The summed E-state index contributed by atoms with van der Waals surface area (Å²) in [6, 6.07) is 23.5. The topological polar surface area (TPSA) is 177 Å². The number of carbonyl (C=O) groups excluding carboxylic acids is 3.